The van der Waals surface area contributed by atoms with Crippen LogP contribution in [0.25, 0.3) is 10.2 Å². The molecule has 2 amide bonds. The van der Waals surface area contributed by atoms with Gasteiger partial charge in [-0.05, 0) is 36.8 Å². The number of rotatable bonds is 3. The number of carbonyl (C=O) groups excluding carboxylic acids is 2. The molecule has 126 valence electrons. The molecule has 7 heteroatoms. The Morgan fingerprint density at radius 3 is 2.80 bits per heavy atom. The highest BCUT2D eigenvalue weighted by molar-refractivity contribution is 8.02. The fourth-order valence-corrected chi connectivity index (χ4v) is 5.22. The van der Waals surface area contributed by atoms with E-state index in [4.69, 9.17) is 11.6 Å². The lowest BCUT2D eigenvalue weighted by Crippen LogP contribution is -2.31. The summed E-state index contributed by atoms with van der Waals surface area (Å²) in [4.78, 5) is 30.9. The van der Waals surface area contributed by atoms with Crippen LogP contribution in [0.15, 0.2) is 46.8 Å². The quantitative estimate of drug-likeness (QED) is 0.611. The van der Waals surface area contributed by atoms with Crippen LogP contribution in [-0.4, -0.2) is 22.0 Å². The van der Waals surface area contributed by atoms with Gasteiger partial charge >= 0.3 is 0 Å². The average Bonchev–Trinajstić information content (AvgIpc) is 3.11. The molecule has 0 aliphatic carbocycles. The minimum atomic E-state index is -0.451. The third kappa shape index (κ3) is 3.05. The van der Waals surface area contributed by atoms with Crippen molar-refractivity contribution in [1.29, 1.82) is 0 Å². The molecule has 1 fully saturated rings. The number of para-hydroxylation sites is 1. The van der Waals surface area contributed by atoms with E-state index in [0.717, 1.165) is 20.1 Å². The highest BCUT2D eigenvalue weighted by atomic mass is 35.5. The van der Waals surface area contributed by atoms with Crippen LogP contribution >= 0.6 is 34.7 Å². The molecule has 1 atom stereocenters. The molecule has 2 heterocycles. The van der Waals surface area contributed by atoms with Crippen molar-refractivity contribution >= 4 is 62.4 Å². The second-order valence-corrected chi connectivity index (χ2v) is 8.65. The Balaban J connectivity index is 1.59. The molecule has 25 heavy (non-hydrogen) atoms. The van der Waals surface area contributed by atoms with Gasteiger partial charge in [-0.2, -0.15) is 0 Å². The minimum absolute atomic E-state index is 0.172. The Hall–Kier alpha value is -1.89. The largest absolute Gasteiger partial charge is 0.274 e. The molecule has 2 aromatic carbocycles. The second-order valence-electron chi connectivity index (χ2n) is 5.76. The number of carbonyl (C=O) groups is 2. The predicted octanol–water partition coefficient (Wildman–Crippen LogP) is 4.68. The maximum atomic E-state index is 12.8. The number of nitrogens with zero attached hydrogens (tertiary/aromatic N) is 2. The highest BCUT2D eigenvalue weighted by Crippen LogP contribution is 2.38. The number of thiazole rings is 1. The number of hydrogen-bond acceptors (Lipinski definition) is 5. The second kappa shape index (κ2) is 6.44. The number of hydrogen-bond donors (Lipinski definition) is 0. The summed E-state index contributed by atoms with van der Waals surface area (Å²) in [5.41, 5.74) is 2.34. The molecule has 0 spiro atoms. The van der Waals surface area contributed by atoms with Crippen LogP contribution < -0.4 is 4.90 Å². The molecular weight excluding hydrogens is 376 g/mol. The van der Waals surface area contributed by atoms with Crippen molar-refractivity contribution in [3.8, 4) is 0 Å². The molecule has 1 aliphatic rings. The van der Waals surface area contributed by atoms with Crippen LogP contribution in [0.1, 0.15) is 12.0 Å². The fourth-order valence-electron chi connectivity index (χ4n) is 2.71. The van der Waals surface area contributed by atoms with E-state index in [9.17, 15) is 9.59 Å². The first-order chi connectivity index (χ1) is 12.0. The third-order valence-corrected chi connectivity index (χ3v) is 6.76. The maximum absolute atomic E-state index is 12.8. The summed E-state index contributed by atoms with van der Waals surface area (Å²) in [6.07, 6.45) is 0.172. The molecule has 0 N–H and O–H groups in total. The molecule has 3 aromatic rings. The Morgan fingerprint density at radius 2 is 2.04 bits per heavy atom. The molecule has 1 unspecified atom stereocenters. The Labute approximate surface area is 157 Å². The van der Waals surface area contributed by atoms with Gasteiger partial charge in [0.2, 0.25) is 11.8 Å². The number of aryl methyl sites for hydroxylation is 1. The number of fused-ring (bicyclic) bond motifs is 1. The van der Waals surface area contributed by atoms with E-state index in [1.165, 1.54) is 28.0 Å². The molecule has 1 aliphatic heterocycles. The molecule has 1 aromatic heterocycles. The van der Waals surface area contributed by atoms with Gasteiger partial charge in [-0.25, -0.2) is 9.88 Å². The number of benzene rings is 2. The Bertz CT molecular complexity index is 969. The number of amides is 2. The van der Waals surface area contributed by atoms with Crippen LogP contribution in [0.4, 0.5) is 5.69 Å². The lowest BCUT2D eigenvalue weighted by atomic mass is 10.2. The summed E-state index contributed by atoms with van der Waals surface area (Å²) in [6, 6.07) is 13.1. The molecular formula is C18H13ClN2O2S2. The molecule has 1 saturated heterocycles. The van der Waals surface area contributed by atoms with Gasteiger partial charge < -0.3 is 0 Å². The van der Waals surface area contributed by atoms with E-state index >= 15 is 0 Å². The predicted molar refractivity (Wildman–Crippen MR) is 103 cm³/mol. The smallest absolute Gasteiger partial charge is 0.247 e. The van der Waals surface area contributed by atoms with Gasteiger partial charge in [0.05, 0.1) is 15.9 Å². The molecule has 4 nitrogen and oxygen atoms in total. The molecule has 0 saturated carbocycles. The third-order valence-electron chi connectivity index (χ3n) is 4.04. The van der Waals surface area contributed by atoms with E-state index in [0.29, 0.717) is 10.7 Å². The van der Waals surface area contributed by atoms with Crippen LogP contribution in [0.2, 0.25) is 5.02 Å². The summed E-state index contributed by atoms with van der Waals surface area (Å²) < 4.78 is 1.88. The summed E-state index contributed by atoms with van der Waals surface area (Å²) in [6.45, 7) is 1.88. The van der Waals surface area contributed by atoms with Crippen LogP contribution in [-0.2, 0) is 9.59 Å². The van der Waals surface area contributed by atoms with Crippen molar-refractivity contribution < 1.29 is 9.59 Å². The van der Waals surface area contributed by atoms with Crippen molar-refractivity contribution in [2.75, 3.05) is 4.90 Å². The molecule has 0 radical (unpaired) electrons. The first-order valence-electron chi connectivity index (χ1n) is 7.68. The molecule has 4 rings (SSSR count). The van der Waals surface area contributed by atoms with Gasteiger partial charge in [0.25, 0.3) is 0 Å². The maximum Gasteiger partial charge on any atom is 0.247 e. The van der Waals surface area contributed by atoms with E-state index in [-0.39, 0.29) is 18.2 Å². The number of aromatic nitrogens is 1. The minimum Gasteiger partial charge on any atom is -0.274 e. The van der Waals surface area contributed by atoms with Crippen molar-refractivity contribution in [3.05, 3.63) is 53.1 Å². The Kier molecular flexibility index (Phi) is 4.27. The van der Waals surface area contributed by atoms with Crippen molar-refractivity contribution in [3.63, 3.8) is 0 Å². The number of anilines is 1. The van der Waals surface area contributed by atoms with Gasteiger partial charge in [-0.3, -0.25) is 9.59 Å². The topological polar surface area (TPSA) is 50.3 Å². The molecule has 0 bridgehead atoms. The van der Waals surface area contributed by atoms with Crippen molar-refractivity contribution in [2.45, 2.75) is 22.9 Å². The first-order valence-corrected chi connectivity index (χ1v) is 9.75. The van der Waals surface area contributed by atoms with E-state index in [1.54, 1.807) is 12.1 Å². The lowest BCUT2D eigenvalue weighted by molar-refractivity contribution is -0.121. The van der Waals surface area contributed by atoms with Gasteiger partial charge in [-0.15, -0.1) is 11.3 Å². The van der Waals surface area contributed by atoms with Gasteiger partial charge in [0, 0.05) is 11.4 Å². The number of halogens is 1. The fraction of sp³-hybridized carbons (Fsp3) is 0.167. The van der Waals surface area contributed by atoms with Crippen LogP contribution in [0.5, 0.6) is 0 Å². The zero-order valence-electron chi connectivity index (χ0n) is 13.2. The summed E-state index contributed by atoms with van der Waals surface area (Å²) in [5, 5.41) is 0.0912. The monoisotopic (exact) mass is 388 g/mol. The van der Waals surface area contributed by atoms with Gasteiger partial charge in [0.15, 0.2) is 4.34 Å². The summed E-state index contributed by atoms with van der Waals surface area (Å²) in [5.74, 6) is -0.419. The van der Waals surface area contributed by atoms with E-state index in [2.05, 4.69) is 4.98 Å². The number of imide groups is 1. The highest BCUT2D eigenvalue weighted by Gasteiger charge is 2.40. The van der Waals surface area contributed by atoms with Gasteiger partial charge in [0.1, 0.15) is 5.25 Å². The zero-order chi connectivity index (χ0) is 17.6. The van der Waals surface area contributed by atoms with Gasteiger partial charge in [-0.1, -0.05) is 41.6 Å². The standard InChI is InChI=1S/C18H13ClN2O2S2/c1-10-6-7-11(8-12(10)19)21-16(22)9-15(17(21)23)25-18-20-13-4-2-3-5-14(13)24-18/h2-8,15H,9H2,1H3. The van der Waals surface area contributed by atoms with E-state index < -0.39 is 5.25 Å². The van der Waals surface area contributed by atoms with Crippen LogP contribution in [0, 0.1) is 6.92 Å². The van der Waals surface area contributed by atoms with E-state index in [1.807, 2.05) is 37.3 Å². The van der Waals surface area contributed by atoms with Crippen molar-refractivity contribution in [2.24, 2.45) is 0 Å². The first kappa shape index (κ1) is 16.6. The average molecular weight is 389 g/mol. The lowest BCUT2D eigenvalue weighted by Gasteiger charge is -2.15. The summed E-state index contributed by atoms with van der Waals surface area (Å²) >= 11 is 9.03. The normalized spacial score (nSPS) is 17.7. The number of thioether (sulfide) groups is 1. The van der Waals surface area contributed by atoms with Crippen LogP contribution in [0.3, 0.4) is 0 Å². The van der Waals surface area contributed by atoms with Crippen molar-refractivity contribution in [1.82, 2.24) is 4.98 Å². The summed E-state index contributed by atoms with van der Waals surface area (Å²) in [7, 11) is 0. The Morgan fingerprint density at radius 1 is 1.24 bits per heavy atom. The SMILES string of the molecule is Cc1ccc(N2C(=O)CC(Sc3nc4ccccc4s3)C2=O)cc1Cl. The zero-order valence-corrected chi connectivity index (χ0v) is 15.6.